The molecule has 1 aliphatic heterocycles. The van der Waals surface area contributed by atoms with Crippen LogP contribution in [0.2, 0.25) is 0 Å². The van der Waals surface area contributed by atoms with E-state index in [1.165, 1.54) is 4.90 Å². The number of halogens is 3. The van der Waals surface area contributed by atoms with Crippen LogP contribution in [0.3, 0.4) is 0 Å². The first kappa shape index (κ1) is 12.3. The largest absolute Gasteiger partial charge is 0.481 e. The predicted octanol–water partition coefficient (Wildman–Crippen LogP) is 1.73. The van der Waals surface area contributed by atoms with Gasteiger partial charge in [-0.1, -0.05) is 6.92 Å². The Bertz CT molecular complexity index is 242. The van der Waals surface area contributed by atoms with Crippen molar-refractivity contribution < 1.29 is 23.1 Å². The average Bonchev–Trinajstić information content (AvgIpc) is 2.45. The second-order valence-electron chi connectivity index (χ2n) is 3.76. The van der Waals surface area contributed by atoms with Crippen LogP contribution in [0.4, 0.5) is 13.2 Å². The molecular weight excluding hydrogens is 211 g/mol. The van der Waals surface area contributed by atoms with E-state index in [1.807, 2.05) is 0 Å². The number of hydrogen-bond acceptors (Lipinski definition) is 2. The maximum atomic E-state index is 12.7. The van der Waals surface area contributed by atoms with Crippen LogP contribution in [0.15, 0.2) is 0 Å². The minimum atomic E-state index is -4.33. The molecule has 0 saturated carbocycles. The van der Waals surface area contributed by atoms with Gasteiger partial charge in [-0.05, 0) is 25.4 Å². The van der Waals surface area contributed by atoms with Crippen LogP contribution in [0.5, 0.6) is 0 Å². The van der Waals surface area contributed by atoms with Gasteiger partial charge in [-0.3, -0.25) is 9.69 Å². The van der Waals surface area contributed by atoms with Gasteiger partial charge in [-0.15, -0.1) is 0 Å². The predicted molar refractivity (Wildman–Crippen MR) is 47.4 cm³/mol. The van der Waals surface area contributed by atoms with Crippen molar-refractivity contribution in [2.75, 3.05) is 13.1 Å². The van der Waals surface area contributed by atoms with Gasteiger partial charge in [0, 0.05) is 0 Å². The summed E-state index contributed by atoms with van der Waals surface area (Å²) in [6.45, 7) is 2.29. The lowest BCUT2D eigenvalue weighted by Gasteiger charge is -2.28. The highest BCUT2D eigenvalue weighted by Crippen LogP contribution is 2.38. The smallest absolute Gasteiger partial charge is 0.404 e. The SMILES string of the molecule is CCN1CC[C@H](CC(=O)O)[C@H]1C(F)(F)F. The van der Waals surface area contributed by atoms with E-state index in [4.69, 9.17) is 5.11 Å². The van der Waals surface area contributed by atoms with Crippen molar-refractivity contribution in [1.82, 2.24) is 4.90 Å². The maximum absolute atomic E-state index is 12.7. The van der Waals surface area contributed by atoms with E-state index >= 15 is 0 Å². The molecule has 3 nitrogen and oxygen atoms in total. The monoisotopic (exact) mass is 225 g/mol. The van der Waals surface area contributed by atoms with Crippen molar-refractivity contribution in [2.45, 2.75) is 32.0 Å². The highest BCUT2D eigenvalue weighted by Gasteiger charge is 2.51. The molecule has 1 heterocycles. The first-order valence-electron chi connectivity index (χ1n) is 4.88. The van der Waals surface area contributed by atoms with E-state index in [0.717, 1.165) is 0 Å². The molecular formula is C9H14F3NO2. The van der Waals surface area contributed by atoms with Gasteiger partial charge in [0.15, 0.2) is 0 Å². The molecule has 88 valence electrons. The molecule has 6 heteroatoms. The van der Waals surface area contributed by atoms with Crippen molar-refractivity contribution in [3.05, 3.63) is 0 Å². The molecule has 1 fully saturated rings. The zero-order chi connectivity index (χ0) is 11.6. The number of likely N-dealkylation sites (tertiary alicyclic amines) is 1. The average molecular weight is 225 g/mol. The molecule has 1 saturated heterocycles. The van der Waals surface area contributed by atoms with E-state index in [1.54, 1.807) is 6.92 Å². The molecule has 0 aromatic heterocycles. The number of aliphatic carboxylic acids is 1. The maximum Gasteiger partial charge on any atom is 0.404 e. The fourth-order valence-corrected chi connectivity index (χ4v) is 2.19. The summed E-state index contributed by atoms with van der Waals surface area (Å²) in [4.78, 5) is 11.7. The molecule has 1 N–H and O–H groups in total. The second-order valence-corrected chi connectivity index (χ2v) is 3.76. The summed E-state index contributed by atoms with van der Waals surface area (Å²) in [5.41, 5.74) is 0. The lowest BCUT2D eigenvalue weighted by atomic mass is 9.96. The highest BCUT2D eigenvalue weighted by molar-refractivity contribution is 5.67. The Balaban J connectivity index is 2.76. The Hall–Kier alpha value is -0.780. The summed E-state index contributed by atoms with van der Waals surface area (Å²) < 4.78 is 38.0. The Kier molecular flexibility index (Phi) is 3.59. The first-order valence-corrected chi connectivity index (χ1v) is 4.88. The van der Waals surface area contributed by atoms with Gasteiger partial charge in [-0.2, -0.15) is 13.2 Å². The zero-order valence-corrected chi connectivity index (χ0v) is 8.42. The summed E-state index contributed by atoms with van der Waals surface area (Å²) in [5.74, 6) is -1.96. The first-order chi connectivity index (χ1) is 6.86. The number of carbonyl (C=O) groups is 1. The van der Waals surface area contributed by atoms with Gasteiger partial charge >= 0.3 is 12.1 Å². The summed E-state index contributed by atoms with van der Waals surface area (Å²) in [6, 6.07) is -1.58. The molecule has 0 bridgehead atoms. The van der Waals surface area contributed by atoms with E-state index in [2.05, 4.69) is 0 Å². The summed E-state index contributed by atoms with van der Waals surface area (Å²) in [6.07, 6.45) is -4.42. The number of hydrogen-bond donors (Lipinski definition) is 1. The lowest BCUT2D eigenvalue weighted by molar-refractivity contribution is -0.186. The molecule has 0 spiro atoms. The Morgan fingerprint density at radius 1 is 1.53 bits per heavy atom. The third-order valence-electron chi connectivity index (χ3n) is 2.81. The molecule has 0 unspecified atom stereocenters. The van der Waals surface area contributed by atoms with Crippen LogP contribution in [0.25, 0.3) is 0 Å². The van der Waals surface area contributed by atoms with Crippen LogP contribution in [-0.2, 0) is 4.79 Å². The third-order valence-corrected chi connectivity index (χ3v) is 2.81. The van der Waals surface area contributed by atoms with Gasteiger partial charge in [0.05, 0.1) is 6.42 Å². The minimum absolute atomic E-state index is 0.306. The molecule has 0 radical (unpaired) electrons. The van der Waals surface area contributed by atoms with Crippen LogP contribution >= 0.6 is 0 Å². The van der Waals surface area contributed by atoms with E-state index < -0.39 is 30.5 Å². The topological polar surface area (TPSA) is 40.5 Å². The fraction of sp³-hybridized carbons (Fsp3) is 0.889. The number of rotatable bonds is 3. The standard InChI is InChI=1S/C9H14F3NO2/c1-2-13-4-3-6(5-7(14)15)8(13)9(10,11)12/h6,8H,2-5H2,1H3,(H,14,15)/t6-,8+/m1/s1. The quantitative estimate of drug-likeness (QED) is 0.795. The fourth-order valence-electron chi connectivity index (χ4n) is 2.19. The second kappa shape index (κ2) is 4.38. The van der Waals surface area contributed by atoms with Gasteiger partial charge in [0.2, 0.25) is 0 Å². The van der Waals surface area contributed by atoms with Crippen LogP contribution < -0.4 is 0 Å². The zero-order valence-electron chi connectivity index (χ0n) is 8.42. The molecule has 1 aliphatic rings. The van der Waals surface area contributed by atoms with E-state index in [0.29, 0.717) is 19.5 Å². The van der Waals surface area contributed by atoms with Crippen LogP contribution in [0, 0.1) is 5.92 Å². The van der Waals surface area contributed by atoms with Gasteiger partial charge < -0.3 is 5.11 Å². The highest BCUT2D eigenvalue weighted by atomic mass is 19.4. The summed E-state index contributed by atoms with van der Waals surface area (Å²) >= 11 is 0. The molecule has 0 amide bonds. The van der Waals surface area contributed by atoms with Crippen LogP contribution in [0.1, 0.15) is 19.8 Å². The molecule has 0 aromatic carbocycles. The number of carboxylic acid groups (broad SMARTS) is 1. The van der Waals surface area contributed by atoms with Crippen LogP contribution in [-0.4, -0.2) is 41.3 Å². The van der Waals surface area contributed by atoms with Crippen molar-refractivity contribution >= 4 is 5.97 Å². The lowest BCUT2D eigenvalue weighted by Crippen LogP contribution is -2.45. The third kappa shape index (κ3) is 2.84. The summed E-state index contributed by atoms with van der Waals surface area (Å²) in [7, 11) is 0. The minimum Gasteiger partial charge on any atom is -0.481 e. The molecule has 0 aromatic rings. The normalized spacial score (nSPS) is 28.3. The number of alkyl halides is 3. The number of nitrogens with zero attached hydrogens (tertiary/aromatic N) is 1. The number of carboxylic acids is 1. The molecule has 15 heavy (non-hydrogen) atoms. The van der Waals surface area contributed by atoms with E-state index in [-0.39, 0.29) is 0 Å². The Labute approximate surface area is 85.9 Å². The van der Waals surface area contributed by atoms with Crippen molar-refractivity contribution in [3.63, 3.8) is 0 Å². The Morgan fingerprint density at radius 3 is 2.53 bits per heavy atom. The van der Waals surface area contributed by atoms with Gasteiger partial charge in [0.1, 0.15) is 6.04 Å². The van der Waals surface area contributed by atoms with Crippen molar-refractivity contribution in [2.24, 2.45) is 5.92 Å². The van der Waals surface area contributed by atoms with Crippen molar-refractivity contribution in [3.8, 4) is 0 Å². The summed E-state index contributed by atoms with van der Waals surface area (Å²) in [5, 5.41) is 8.53. The van der Waals surface area contributed by atoms with Gasteiger partial charge in [0.25, 0.3) is 0 Å². The Morgan fingerprint density at radius 2 is 2.13 bits per heavy atom. The molecule has 1 rings (SSSR count). The van der Waals surface area contributed by atoms with Gasteiger partial charge in [-0.25, -0.2) is 0 Å². The van der Waals surface area contributed by atoms with Crippen molar-refractivity contribution in [1.29, 1.82) is 0 Å². The molecule has 2 atom stereocenters. The molecule has 0 aliphatic carbocycles. The van der Waals surface area contributed by atoms with E-state index in [9.17, 15) is 18.0 Å².